The van der Waals surface area contributed by atoms with E-state index in [4.69, 9.17) is 0 Å². The van der Waals surface area contributed by atoms with Crippen molar-refractivity contribution in [2.45, 2.75) is 31.1 Å². The van der Waals surface area contributed by atoms with Crippen LogP contribution in [0.15, 0.2) is 29.2 Å². The molecule has 1 aromatic carbocycles. The number of aliphatic carboxylic acids is 1. The van der Waals surface area contributed by atoms with Crippen molar-refractivity contribution < 1.29 is 23.1 Å². The summed E-state index contributed by atoms with van der Waals surface area (Å²) in [4.78, 5) is 26.1. The van der Waals surface area contributed by atoms with Crippen molar-refractivity contribution in [3.8, 4) is 0 Å². The van der Waals surface area contributed by atoms with Gasteiger partial charge in [-0.05, 0) is 43.0 Å². The second kappa shape index (κ2) is 5.88. The van der Waals surface area contributed by atoms with E-state index in [2.05, 4.69) is 0 Å². The van der Waals surface area contributed by atoms with Crippen LogP contribution in [-0.2, 0) is 14.6 Å². The van der Waals surface area contributed by atoms with Crippen molar-refractivity contribution in [3.05, 3.63) is 29.8 Å². The second-order valence-electron chi connectivity index (χ2n) is 6.66. The second-order valence-corrected chi connectivity index (χ2v) is 8.94. The monoisotopic (exact) mass is 351 g/mol. The van der Waals surface area contributed by atoms with E-state index in [1.807, 2.05) is 0 Å². The minimum atomic E-state index is -3.30. The van der Waals surface area contributed by atoms with Crippen LogP contribution in [0.2, 0.25) is 0 Å². The average Bonchev–Trinajstić information content (AvgIpc) is 3.12. The fourth-order valence-corrected chi connectivity index (χ4v) is 4.83. The van der Waals surface area contributed by atoms with Gasteiger partial charge < -0.3 is 10.0 Å². The molecule has 7 heteroatoms. The molecule has 2 fully saturated rings. The molecule has 1 saturated heterocycles. The van der Waals surface area contributed by atoms with E-state index in [1.54, 1.807) is 11.8 Å². The third-order valence-corrected chi connectivity index (χ3v) is 7.17. The number of sulfone groups is 1. The zero-order valence-corrected chi connectivity index (χ0v) is 14.4. The average molecular weight is 351 g/mol. The molecule has 1 aromatic rings. The zero-order chi connectivity index (χ0) is 17.5. The van der Waals surface area contributed by atoms with E-state index >= 15 is 0 Å². The molecule has 1 aliphatic heterocycles. The lowest BCUT2D eigenvalue weighted by molar-refractivity contribution is -0.149. The largest absolute Gasteiger partial charge is 0.481 e. The van der Waals surface area contributed by atoms with Crippen molar-refractivity contribution in [3.63, 3.8) is 0 Å². The Kier molecular flexibility index (Phi) is 4.15. The van der Waals surface area contributed by atoms with Gasteiger partial charge in [-0.2, -0.15) is 0 Å². The third kappa shape index (κ3) is 2.60. The highest BCUT2D eigenvalue weighted by Gasteiger charge is 2.55. The SMILES string of the molecule is CCS(=O)(=O)c1ccc(C(=O)N2C[C@@H]3CCC[C@@]3(C(=O)O)C2)cc1. The number of hydrogen-bond acceptors (Lipinski definition) is 4. The van der Waals surface area contributed by atoms with Gasteiger partial charge in [-0.15, -0.1) is 0 Å². The number of carboxylic acid groups (broad SMARTS) is 1. The number of amides is 1. The molecule has 2 aliphatic rings. The van der Waals surface area contributed by atoms with Gasteiger partial charge in [0.05, 0.1) is 16.1 Å². The zero-order valence-electron chi connectivity index (χ0n) is 13.6. The van der Waals surface area contributed by atoms with Crippen LogP contribution in [0.5, 0.6) is 0 Å². The van der Waals surface area contributed by atoms with Gasteiger partial charge in [0.15, 0.2) is 9.84 Å². The fourth-order valence-electron chi connectivity index (χ4n) is 3.95. The summed E-state index contributed by atoms with van der Waals surface area (Å²) in [5.41, 5.74) is -0.410. The fraction of sp³-hybridized carbons (Fsp3) is 0.529. The van der Waals surface area contributed by atoms with Crippen molar-refractivity contribution in [1.82, 2.24) is 4.90 Å². The van der Waals surface area contributed by atoms with Crippen molar-refractivity contribution in [1.29, 1.82) is 0 Å². The van der Waals surface area contributed by atoms with Crippen molar-refractivity contribution in [2.75, 3.05) is 18.8 Å². The van der Waals surface area contributed by atoms with E-state index in [0.29, 0.717) is 18.5 Å². The number of carbonyl (C=O) groups excluding carboxylic acids is 1. The summed E-state index contributed by atoms with van der Waals surface area (Å²) in [5, 5.41) is 9.59. The van der Waals surface area contributed by atoms with Crippen molar-refractivity contribution in [2.24, 2.45) is 11.3 Å². The number of benzene rings is 1. The third-order valence-electron chi connectivity index (χ3n) is 5.42. The van der Waals surface area contributed by atoms with Crippen LogP contribution in [0, 0.1) is 11.3 Å². The highest BCUT2D eigenvalue weighted by atomic mass is 32.2. The molecule has 3 rings (SSSR count). The molecular weight excluding hydrogens is 330 g/mol. The molecule has 1 N–H and O–H groups in total. The van der Waals surface area contributed by atoms with E-state index in [9.17, 15) is 23.1 Å². The van der Waals surface area contributed by atoms with Gasteiger partial charge in [0.1, 0.15) is 0 Å². The van der Waals surface area contributed by atoms with Crippen LogP contribution in [-0.4, -0.2) is 49.1 Å². The number of carbonyl (C=O) groups is 2. The molecule has 0 aromatic heterocycles. The predicted molar refractivity (Wildman–Crippen MR) is 87.5 cm³/mol. The number of hydrogen-bond donors (Lipinski definition) is 1. The standard InChI is InChI=1S/C17H21NO5S/c1-2-24(22,23)14-7-5-12(6-8-14)15(19)18-10-13-4-3-9-17(13,11-18)16(20)21/h5-8,13H,2-4,9-11H2,1H3,(H,20,21)/t13-,17+/m0/s1. The topological polar surface area (TPSA) is 91.8 Å². The Labute approximate surface area is 141 Å². The van der Waals surface area contributed by atoms with Gasteiger partial charge >= 0.3 is 5.97 Å². The van der Waals surface area contributed by atoms with E-state index < -0.39 is 21.2 Å². The van der Waals surface area contributed by atoms with Crippen LogP contribution in [0.3, 0.4) is 0 Å². The lowest BCUT2D eigenvalue weighted by Crippen LogP contribution is -2.37. The Bertz CT molecular complexity index is 771. The first-order valence-corrected chi connectivity index (χ1v) is 9.81. The maximum absolute atomic E-state index is 12.7. The highest BCUT2D eigenvalue weighted by Crippen LogP contribution is 2.49. The first kappa shape index (κ1) is 17.0. The Balaban J connectivity index is 1.80. The molecule has 24 heavy (non-hydrogen) atoms. The quantitative estimate of drug-likeness (QED) is 0.893. The van der Waals surface area contributed by atoms with Crippen LogP contribution in [0.1, 0.15) is 36.5 Å². The first-order chi connectivity index (χ1) is 11.3. The maximum Gasteiger partial charge on any atom is 0.311 e. The summed E-state index contributed by atoms with van der Waals surface area (Å²) in [6.07, 6.45) is 2.34. The van der Waals surface area contributed by atoms with E-state index in [0.717, 1.165) is 12.8 Å². The molecule has 130 valence electrons. The van der Waals surface area contributed by atoms with E-state index in [1.165, 1.54) is 24.3 Å². The van der Waals surface area contributed by atoms with Gasteiger partial charge in [0, 0.05) is 18.7 Å². The van der Waals surface area contributed by atoms with Gasteiger partial charge in [0.25, 0.3) is 5.91 Å². The Morgan fingerprint density at radius 1 is 1.29 bits per heavy atom. The predicted octanol–water partition coefficient (Wildman–Crippen LogP) is 1.81. The lowest BCUT2D eigenvalue weighted by atomic mass is 9.81. The number of carboxylic acids is 1. The minimum Gasteiger partial charge on any atom is -0.481 e. The molecule has 1 saturated carbocycles. The van der Waals surface area contributed by atoms with Crippen LogP contribution < -0.4 is 0 Å². The van der Waals surface area contributed by atoms with Crippen LogP contribution >= 0.6 is 0 Å². The normalized spacial score (nSPS) is 26.4. The maximum atomic E-state index is 12.7. The summed E-state index contributed by atoms with van der Waals surface area (Å²) in [6, 6.07) is 5.89. The molecule has 0 bridgehead atoms. The summed E-state index contributed by atoms with van der Waals surface area (Å²) in [5.74, 6) is -1.02. The number of rotatable bonds is 4. The van der Waals surface area contributed by atoms with Gasteiger partial charge in [0.2, 0.25) is 0 Å². The number of likely N-dealkylation sites (tertiary alicyclic amines) is 1. The molecule has 6 nitrogen and oxygen atoms in total. The summed E-state index contributed by atoms with van der Waals surface area (Å²) < 4.78 is 23.7. The highest BCUT2D eigenvalue weighted by molar-refractivity contribution is 7.91. The summed E-state index contributed by atoms with van der Waals surface area (Å²) in [7, 11) is -3.30. The molecule has 2 atom stereocenters. The Hall–Kier alpha value is -1.89. The molecule has 0 spiro atoms. The number of nitrogens with zero attached hydrogens (tertiary/aromatic N) is 1. The molecule has 1 heterocycles. The molecule has 0 unspecified atom stereocenters. The minimum absolute atomic E-state index is 0.00916. The number of fused-ring (bicyclic) bond motifs is 1. The molecular formula is C17H21NO5S. The van der Waals surface area contributed by atoms with E-state index in [-0.39, 0.29) is 29.0 Å². The molecule has 1 amide bonds. The Morgan fingerprint density at radius 3 is 2.50 bits per heavy atom. The van der Waals surface area contributed by atoms with Crippen LogP contribution in [0.25, 0.3) is 0 Å². The smallest absolute Gasteiger partial charge is 0.311 e. The summed E-state index contributed by atoms with van der Waals surface area (Å²) >= 11 is 0. The molecule has 1 aliphatic carbocycles. The van der Waals surface area contributed by atoms with Crippen LogP contribution in [0.4, 0.5) is 0 Å². The van der Waals surface area contributed by atoms with Gasteiger partial charge in [-0.1, -0.05) is 13.3 Å². The lowest BCUT2D eigenvalue weighted by Gasteiger charge is -2.23. The van der Waals surface area contributed by atoms with Gasteiger partial charge in [-0.3, -0.25) is 9.59 Å². The Morgan fingerprint density at radius 2 is 1.96 bits per heavy atom. The first-order valence-electron chi connectivity index (χ1n) is 8.15. The molecule has 0 radical (unpaired) electrons. The van der Waals surface area contributed by atoms with Crippen molar-refractivity contribution >= 4 is 21.7 Å². The summed E-state index contributed by atoms with van der Waals surface area (Å²) in [6.45, 7) is 2.27. The van der Waals surface area contributed by atoms with Gasteiger partial charge in [-0.25, -0.2) is 8.42 Å².